The van der Waals surface area contributed by atoms with E-state index >= 15 is 0 Å². The van der Waals surface area contributed by atoms with Gasteiger partial charge in [-0.2, -0.15) is 0 Å². The second kappa shape index (κ2) is 6.61. The van der Waals surface area contributed by atoms with Crippen molar-refractivity contribution in [2.24, 2.45) is 0 Å². The van der Waals surface area contributed by atoms with Crippen LogP contribution in [0.2, 0.25) is 0 Å². The smallest absolute Gasteiger partial charge is 0.268 e. The quantitative estimate of drug-likeness (QED) is 0.824. The van der Waals surface area contributed by atoms with Crippen LogP contribution in [0, 0.1) is 0 Å². The van der Waals surface area contributed by atoms with E-state index in [9.17, 15) is 4.79 Å². The molecule has 1 amide bonds. The lowest BCUT2D eigenvalue weighted by molar-refractivity contribution is 0.0941. The van der Waals surface area contributed by atoms with Gasteiger partial charge >= 0.3 is 0 Å². The van der Waals surface area contributed by atoms with E-state index in [2.05, 4.69) is 28.2 Å². The van der Waals surface area contributed by atoms with Crippen molar-refractivity contribution in [2.45, 2.75) is 26.4 Å². The van der Waals surface area contributed by atoms with Crippen molar-refractivity contribution in [3.05, 3.63) is 52.3 Å². The largest absolute Gasteiger partial charge is 0.399 e. The number of hydrogen-bond donors (Lipinski definition) is 2. The molecule has 0 radical (unpaired) electrons. The molecule has 0 saturated carbocycles. The summed E-state index contributed by atoms with van der Waals surface area (Å²) in [5.41, 5.74) is 8.06. The minimum atomic E-state index is -0.0685. The first-order chi connectivity index (χ1) is 9.60. The van der Waals surface area contributed by atoms with Gasteiger partial charge in [-0.1, -0.05) is 19.1 Å². The average Bonchev–Trinajstić information content (AvgIpc) is 2.79. The summed E-state index contributed by atoms with van der Waals surface area (Å²) < 4.78 is 2.88. The molecule has 0 atom stereocenters. The molecule has 1 aromatic heterocycles. The van der Waals surface area contributed by atoms with Gasteiger partial charge in [-0.3, -0.25) is 4.79 Å². The van der Waals surface area contributed by atoms with Crippen LogP contribution in [-0.4, -0.2) is 10.5 Å². The normalized spacial score (nSPS) is 10.5. The van der Waals surface area contributed by atoms with E-state index in [0.717, 1.165) is 28.7 Å². The average molecular weight is 336 g/mol. The van der Waals surface area contributed by atoms with Crippen LogP contribution in [0.4, 0.5) is 5.69 Å². The SMILES string of the molecule is CCCn1cc(Br)cc1C(=O)NCc1ccc(N)cc1. The van der Waals surface area contributed by atoms with Gasteiger partial charge in [0, 0.05) is 29.4 Å². The minimum absolute atomic E-state index is 0.0685. The number of hydrogen-bond acceptors (Lipinski definition) is 2. The van der Waals surface area contributed by atoms with Gasteiger partial charge < -0.3 is 15.6 Å². The zero-order valence-electron chi connectivity index (χ0n) is 11.4. The Labute approximate surface area is 127 Å². The minimum Gasteiger partial charge on any atom is -0.399 e. The second-order valence-corrected chi connectivity index (χ2v) is 5.58. The number of benzene rings is 1. The molecule has 2 rings (SSSR count). The number of carbonyl (C=O) groups excluding carboxylic acids is 1. The molecule has 0 aliphatic carbocycles. The standard InChI is InChI=1S/C15H18BrN3O/c1-2-7-19-10-12(16)8-14(19)15(20)18-9-11-3-5-13(17)6-4-11/h3-6,8,10H,2,7,9,17H2,1H3,(H,18,20). The molecule has 0 saturated heterocycles. The van der Waals surface area contributed by atoms with Crippen LogP contribution in [0.3, 0.4) is 0 Å². The number of nitrogens with two attached hydrogens (primary N) is 1. The van der Waals surface area contributed by atoms with Crippen molar-refractivity contribution < 1.29 is 4.79 Å². The molecule has 0 spiro atoms. The number of amides is 1. The van der Waals surface area contributed by atoms with E-state index in [1.807, 2.05) is 41.1 Å². The Balaban J connectivity index is 2.03. The maximum atomic E-state index is 12.2. The summed E-state index contributed by atoms with van der Waals surface area (Å²) in [7, 11) is 0. The predicted molar refractivity (Wildman–Crippen MR) is 84.4 cm³/mol. The van der Waals surface area contributed by atoms with Crippen LogP contribution in [0.15, 0.2) is 41.0 Å². The summed E-state index contributed by atoms with van der Waals surface area (Å²) in [5.74, 6) is -0.0685. The first kappa shape index (κ1) is 14.7. The maximum absolute atomic E-state index is 12.2. The summed E-state index contributed by atoms with van der Waals surface area (Å²) in [4.78, 5) is 12.2. The van der Waals surface area contributed by atoms with Crippen LogP contribution in [0.5, 0.6) is 0 Å². The Morgan fingerprint density at radius 3 is 2.70 bits per heavy atom. The number of carbonyl (C=O) groups is 1. The van der Waals surface area contributed by atoms with Crippen molar-refractivity contribution in [1.29, 1.82) is 0 Å². The molecule has 0 fully saturated rings. The molecule has 2 aromatic rings. The Hall–Kier alpha value is -1.75. The van der Waals surface area contributed by atoms with Crippen molar-refractivity contribution >= 4 is 27.5 Å². The molecule has 0 aliphatic heterocycles. The number of nitrogen functional groups attached to an aromatic ring is 1. The fourth-order valence-electron chi connectivity index (χ4n) is 2.00. The van der Waals surface area contributed by atoms with Crippen molar-refractivity contribution in [3.8, 4) is 0 Å². The topological polar surface area (TPSA) is 60.0 Å². The Bertz CT molecular complexity index is 590. The van der Waals surface area contributed by atoms with Crippen molar-refractivity contribution in [3.63, 3.8) is 0 Å². The molecular weight excluding hydrogens is 318 g/mol. The summed E-state index contributed by atoms with van der Waals surface area (Å²) in [6, 6.07) is 9.33. The third-order valence-electron chi connectivity index (χ3n) is 2.99. The zero-order chi connectivity index (χ0) is 14.5. The van der Waals surface area contributed by atoms with Gasteiger partial charge in [0.15, 0.2) is 0 Å². The fraction of sp³-hybridized carbons (Fsp3) is 0.267. The zero-order valence-corrected chi connectivity index (χ0v) is 13.0. The van der Waals surface area contributed by atoms with Crippen LogP contribution < -0.4 is 11.1 Å². The highest BCUT2D eigenvalue weighted by molar-refractivity contribution is 9.10. The van der Waals surface area contributed by atoms with Gasteiger partial charge in [0.25, 0.3) is 5.91 Å². The highest BCUT2D eigenvalue weighted by Crippen LogP contribution is 2.15. The second-order valence-electron chi connectivity index (χ2n) is 4.66. The summed E-state index contributed by atoms with van der Waals surface area (Å²) in [6.45, 7) is 3.41. The maximum Gasteiger partial charge on any atom is 0.268 e. The highest BCUT2D eigenvalue weighted by atomic mass is 79.9. The van der Waals surface area contributed by atoms with Crippen LogP contribution in [0.1, 0.15) is 29.4 Å². The Morgan fingerprint density at radius 1 is 1.35 bits per heavy atom. The number of rotatable bonds is 5. The predicted octanol–water partition coefficient (Wildman–Crippen LogP) is 3.17. The molecule has 1 aromatic carbocycles. The number of nitrogens with zero attached hydrogens (tertiary/aromatic N) is 1. The van der Waals surface area contributed by atoms with Crippen LogP contribution in [-0.2, 0) is 13.1 Å². The number of anilines is 1. The lowest BCUT2D eigenvalue weighted by Crippen LogP contribution is -2.25. The van der Waals surface area contributed by atoms with E-state index < -0.39 is 0 Å². The van der Waals surface area contributed by atoms with E-state index in [-0.39, 0.29) is 5.91 Å². The third-order valence-corrected chi connectivity index (χ3v) is 3.43. The Kier molecular flexibility index (Phi) is 4.84. The third kappa shape index (κ3) is 3.63. The summed E-state index contributed by atoms with van der Waals surface area (Å²) in [6.07, 6.45) is 2.92. The van der Waals surface area contributed by atoms with E-state index in [1.165, 1.54) is 0 Å². The number of halogens is 1. The van der Waals surface area contributed by atoms with Crippen molar-refractivity contribution in [2.75, 3.05) is 5.73 Å². The van der Waals surface area contributed by atoms with Gasteiger partial charge in [-0.05, 0) is 46.1 Å². The lowest BCUT2D eigenvalue weighted by Gasteiger charge is -2.09. The lowest BCUT2D eigenvalue weighted by atomic mass is 10.2. The monoisotopic (exact) mass is 335 g/mol. The number of nitrogens with one attached hydrogen (secondary N) is 1. The molecule has 3 N–H and O–H groups in total. The van der Waals surface area contributed by atoms with Crippen molar-refractivity contribution in [1.82, 2.24) is 9.88 Å². The van der Waals surface area contributed by atoms with Crippen LogP contribution >= 0.6 is 15.9 Å². The molecule has 4 nitrogen and oxygen atoms in total. The first-order valence-electron chi connectivity index (χ1n) is 6.58. The summed E-state index contributed by atoms with van der Waals surface area (Å²) >= 11 is 3.41. The molecule has 106 valence electrons. The molecule has 5 heteroatoms. The summed E-state index contributed by atoms with van der Waals surface area (Å²) in [5, 5.41) is 2.93. The van der Waals surface area contributed by atoms with E-state index in [0.29, 0.717) is 12.2 Å². The van der Waals surface area contributed by atoms with Gasteiger partial charge in [0.1, 0.15) is 5.69 Å². The van der Waals surface area contributed by atoms with Gasteiger partial charge in [-0.25, -0.2) is 0 Å². The molecule has 1 heterocycles. The molecule has 0 unspecified atom stereocenters. The van der Waals surface area contributed by atoms with Gasteiger partial charge in [0.05, 0.1) is 0 Å². The van der Waals surface area contributed by atoms with E-state index in [1.54, 1.807) is 0 Å². The Morgan fingerprint density at radius 2 is 2.05 bits per heavy atom. The molecule has 0 bridgehead atoms. The van der Waals surface area contributed by atoms with Gasteiger partial charge in [0.2, 0.25) is 0 Å². The number of aromatic nitrogens is 1. The molecular formula is C15H18BrN3O. The first-order valence-corrected chi connectivity index (χ1v) is 7.37. The van der Waals surface area contributed by atoms with Crippen LogP contribution in [0.25, 0.3) is 0 Å². The van der Waals surface area contributed by atoms with Gasteiger partial charge in [-0.15, -0.1) is 0 Å². The molecule has 0 aliphatic rings. The highest BCUT2D eigenvalue weighted by Gasteiger charge is 2.12. The molecule has 20 heavy (non-hydrogen) atoms. The van der Waals surface area contributed by atoms with E-state index in [4.69, 9.17) is 5.73 Å². The fourth-order valence-corrected chi connectivity index (χ4v) is 2.46. The number of aryl methyl sites for hydroxylation is 1.